The van der Waals surface area contributed by atoms with Crippen molar-refractivity contribution in [2.45, 2.75) is 30.4 Å². The van der Waals surface area contributed by atoms with E-state index in [1.807, 2.05) is 0 Å². The minimum atomic E-state index is -1.10. The lowest BCUT2D eigenvalue weighted by Gasteiger charge is -2.26. The van der Waals surface area contributed by atoms with Crippen LogP contribution in [0.2, 0.25) is 0 Å². The predicted octanol–water partition coefficient (Wildman–Crippen LogP) is 1.42. The molecule has 16 heavy (non-hydrogen) atoms. The molecule has 1 aliphatic rings. The molecule has 0 bridgehead atoms. The third kappa shape index (κ3) is 3.89. The number of carbonyl (C=O) groups is 2. The van der Waals surface area contributed by atoms with Gasteiger partial charge in [0, 0.05) is 23.4 Å². The van der Waals surface area contributed by atoms with Crippen molar-refractivity contribution >= 4 is 23.6 Å². The van der Waals surface area contributed by atoms with Gasteiger partial charge in [-0.05, 0) is 19.1 Å². The van der Waals surface area contributed by atoms with Crippen LogP contribution >= 0.6 is 11.8 Å². The van der Waals surface area contributed by atoms with E-state index in [1.54, 1.807) is 11.8 Å². The Kier molecular flexibility index (Phi) is 4.86. The number of carboxylic acids is 1. The Morgan fingerprint density at radius 1 is 1.38 bits per heavy atom. The Balaban J connectivity index is 2.38. The standard InChI is InChI=1S/C11H17NO3S/c1-16-11(6-2-3-7-11)8-12-9(13)4-5-10(14)15/h4-5H,2-3,6-8H2,1H3,(H,12,13)(H,14,15)/b5-4+. The van der Waals surface area contributed by atoms with E-state index in [0.29, 0.717) is 6.54 Å². The van der Waals surface area contributed by atoms with Gasteiger partial charge in [-0.25, -0.2) is 4.79 Å². The molecule has 0 aromatic carbocycles. The van der Waals surface area contributed by atoms with Crippen LogP contribution in [0.5, 0.6) is 0 Å². The van der Waals surface area contributed by atoms with Gasteiger partial charge < -0.3 is 10.4 Å². The first-order valence-electron chi connectivity index (χ1n) is 5.32. The Bertz CT molecular complexity index is 296. The van der Waals surface area contributed by atoms with Crippen molar-refractivity contribution in [2.24, 2.45) is 0 Å². The van der Waals surface area contributed by atoms with Crippen LogP contribution in [0.25, 0.3) is 0 Å². The molecular formula is C11H17NO3S. The molecule has 1 aliphatic carbocycles. The number of hydrogen-bond acceptors (Lipinski definition) is 3. The summed E-state index contributed by atoms with van der Waals surface area (Å²) in [6.07, 6.45) is 8.64. The summed E-state index contributed by atoms with van der Waals surface area (Å²) in [5.74, 6) is -1.43. The molecule has 0 saturated heterocycles. The van der Waals surface area contributed by atoms with Crippen LogP contribution in [0.15, 0.2) is 12.2 Å². The first-order chi connectivity index (χ1) is 7.58. The van der Waals surface area contributed by atoms with Crippen LogP contribution in [0, 0.1) is 0 Å². The van der Waals surface area contributed by atoms with Gasteiger partial charge in [0.15, 0.2) is 0 Å². The fourth-order valence-corrected chi connectivity index (χ4v) is 2.84. The molecule has 0 radical (unpaired) electrons. The molecule has 0 spiro atoms. The number of rotatable bonds is 5. The van der Waals surface area contributed by atoms with Crippen molar-refractivity contribution in [1.29, 1.82) is 0 Å². The lowest BCUT2D eigenvalue weighted by Crippen LogP contribution is -2.37. The van der Waals surface area contributed by atoms with Crippen molar-refractivity contribution in [1.82, 2.24) is 5.32 Å². The maximum absolute atomic E-state index is 11.3. The van der Waals surface area contributed by atoms with E-state index in [-0.39, 0.29) is 10.7 Å². The lowest BCUT2D eigenvalue weighted by molar-refractivity contribution is -0.131. The summed E-state index contributed by atoms with van der Waals surface area (Å²) in [7, 11) is 0. The zero-order valence-electron chi connectivity index (χ0n) is 9.36. The highest BCUT2D eigenvalue weighted by Crippen LogP contribution is 2.39. The molecule has 1 rings (SSSR count). The number of amides is 1. The van der Waals surface area contributed by atoms with E-state index in [4.69, 9.17) is 5.11 Å². The van der Waals surface area contributed by atoms with Gasteiger partial charge in [-0.1, -0.05) is 12.8 Å². The summed E-state index contributed by atoms with van der Waals surface area (Å²) in [5.41, 5.74) is 0. The molecule has 1 fully saturated rings. The van der Waals surface area contributed by atoms with E-state index in [0.717, 1.165) is 25.0 Å². The minimum Gasteiger partial charge on any atom is -0.478 e. The summed E-state index contributed by atoms with van der Waals surface area (Å²) >= 11 is 1.79. The summed E-state index contributed by atoms with van der Waals surface area (Å²) in [4.78, 5) is 21.5. The van der Waals surface area contributed by atoms with Gasteiger partial charge in [-0.2, -0.15) is 11.8 Å². The number of thioether (sulfide) groups is 1. The van der Waals surface area contributed by atoms with E-state index in [9.17, 15) is 9.59 Å². The lowest BCUT2D eigenvalue weighted by atomic mass is 10.1. The zero-order valence-corrected chi connectivity index (χ0v) is 10.2. The number of nitrogens with one attached hydrogen (secondary N) is 1. The molecule has 0 unspecified atom stereocenters. The molecule has 0 heterocycles. The molecule has 0 atom stereocenters. The van der Waals surface area contributed by atoms with Crippen molar-refractivity contribution < 1.29 is 14.7 Å². The Labute approximate surface area is 99.5 Å². The maximum Gasteiger partial charge on any atom is 0.328 e. The molecule has 5 heteroatoms. The normalized spacial score (nSPS) is 18.8. The molecule has 0 aliphatic heterocycles. The van der Waals surface area contributed by atoms with E-state index in [2.05, 4.69) is 11.6 Å². The van der Waals surface area contributed by atoms with Crippen LogP contribution in [0.4, 0.5) is 0 Å². The second-order valence-electron chi connectivity index (χ2n) is 3.98. The number of carboxylic acid groups (broad SMARTS) is 1. The molecule has 4 nitrogen and oxygen atoms in total. The van der Waals surface area contributed by atoms with Gasteiger partial charge in [0.1, 0.15) is 0 Å². The first kappa shape index (κ1) is 13.1. The molecule has 0 aromatic heterocycles. The smallest absolute Gasteiger partial charge is 0.328 e. The third-order valence-corrected chi connectivity index (χ3v) is 4.33. The SMILES string of the molecule is CSC1(CNC(=O)/C=C/C(=O)O)CCCC1. The van der Waals surface area contributed by atoms with Crippen molar-refractivity contribution in [3.63, 3.8) is 0 Å². The number of carbonyl (C=O) groups excluding carboxylic acids is 1. The van der Waals surface area contributed by atoms with Crippen molar-refractivity contribution in [3.05, 3.63) is 12.2 Å². The van der Waals surface area contributed by atoms with Gasteiger partial charge >= 0.3 is 5.97 Å². The monoisotopic (exact) mass is 243 g/mol. The Hall–Kier alpha value is -0.970. The van der Waals surface area contributed by atoms with E-state index >= 15 is 0 Å². The minimum absolute atomic E-state index is 0.159. The van der Waals surface area contributed by atoms with Crippen LogP contribution < -0.4 is 5.32 Å². The fourth-order valence-electron chi connectivity index (χ4n) is 1.93. The average molecular weight is 243 g/mol. The largest absolute Gasteiger partial charge is 0.478 e. The van der Waals surface area contributed by atoms with Crippen LogP contribution in [0.3, 0.4) is 0 Å². The number of aliphatic carboxylic acids is 1. The molecule has 0 aromatic rings. The summed E-state index contributed by atoms with van der Waals surface area (Å²) < 4.78 is 0.159. The summed E-state index contributed by atoms with van der Waals surface area (Å²) in [6.45, 7) is 0.622. The van der Waals surface area contributed by atoms with Gasteiger partial charge in [-0.3, -0.25) is 4.79 Å². The van der Waals surface area contributed by atoms with Crippen molar-refractivity contribution in [2.75, 3.05) is 12.8 Å². The van der Waals surface area contributed by atoms with Crippen LogP contribution in [-0.2, 0) is 9.59 Å². The second-order valence-corrected chi connectivity index (χ2v) is 5.26. The topological polar surface area (TPSA) is 66.4 Å². The van der Waals surface area contributed by atoms with Gasteiger partial charge in [0.05, 0.1) is 0 Å². The highest BCUT2D eigenvalue weighted by Gasteiger charge is 2.32. The molecular weight excluding hydrogens is 226 g/mol. The molecule has 1 saturated carbocycles. The number of hydrogen-bond donors (Lipinski definition) is 2. The van der Waals surface area contributed by atoms with E-state index < -0.39 is 5.97 Å². The van der Waals surface area contributed by atoms with Crippen molar-refractivity contribution in [3.8, 4) is 0 Å². The Morgan fingerprint density at radius 3 is 2.50 bits per heavy atom. The zero-order chi connectivity index (χ0) is 12.0. The van der Waals surface area contributed by atoms with Crippen LogP contribution in [-0.4, -0.2) is 34.5 Å². The highest BCUT2D eigenvalue weighted by molar-refractivity contribution is 8.00. The summed E-state index contributed by atoms with van der Waals surface area (Å²) in [6, 6.07) is 0. The summed E-state index contributed by atoms with van der Waals surface area (Å²) in [5, 5.41) is 11.1. The third-order valence-electron chi connectivity index (χ3n) is 2.91. The molecule has 90 valence electrons. The average Bonchev–Trinajstić information content (AvgIpc) is 2.73. The van der Waals surface area contributed by atoms with Gasteiger partial charge in [0.25, 0.3) is 0 Å². The van der Waals surface area contributed by atoms with Crippen LogP contribution in [0.1, 0.15) is 25.7 Å². The second kappa shape index (κ2) is 5.94. The van der Waals surface area contributed by atoms with E-state index in [1.165, 1.54) is 12.8 Å². The maximum atomic E-state index is 11.3. The first-order valence-corrected chi connectivity index (χ1v) is 6.54. The molecule has 2 N–H and O–H groups in total. The van der Waals surface area contributed by atoms with Gasteiger partial charge in [-0.15, -0.1) is 0 Å². The highest BCUT2D eigenvalue weighted by atomic mass is 32.2. The van der Waals surface area contributed by atoms with Gasteiger partial charge in [0.2, 0.25) is 5.91 Å². The fraction of sp³-hybridized carbons (Fsp3) is 0.636. The quantitative estimate of drug-likeness (QED) is 0.717. The Morgan fingerprint density at radius 2 is 2.00 bits per heavy atom. The predicted molar refractivity (Wildman–Crippen MR) is 64.5 cm³/mol. The molecule has 1 amide bonds.